The van der Waals surface area contributed by atoms with E-state index in [0.29, 0.717) is 6.04 Å². The number of methoxy groups -OCH3 is 1. The molecule has 0 aromatic carbocycles. The zero-order valence-corrected chi connectivity index (χ0v) is 13.8. The summed E-state index contributed by atoms with van der Waals surface area (Å²) >= 11 is 0. The van der Waals surface area contributed by atoms with Crippen LogP contribution in [0.3, 0.4) is 0 Å². The van der Waals surface area contributed by atoms with Gasteiger partial charge in [0.05, 0.1) is 12.6 Å². The van der Waals surface area contributed by atoms with Crippen molar-refractivity contribution in [1.82, 2.24) is 16.0 Å². The minimum Gasteiger partial charge on any atom is -0.384 e. The predicted octanol–water partition coefficient (Wildman–Crippen LogP) is 1.04. The van der Waals surface area contributed by atoms with Crippen molar-refractivity contribution in [3.63, 3.8) is 0 Å². The lowest BCUT2D eigenvalue weighted by molar-refractivity contribution is -0.123. The molecular weight excluding hydrogens is 278 g/mol. The molecule has 3 unspecified atom stereocenters. The molecule has 126 valence electrons. The summed E-state index contributed by atoms with van der Waals surface area (Å²) in [5.74, 6) is 0.916. The SMILES string of the molecule is COCC1(CNC(=O)C2CC3CCCCC3N2)CCNCC1. The molecule has 0 bridgehead atoms. The molecule has 2 heterocycles. The molecule has 2 aliphatic heterocycles. The van der Waals surface area contributed by atoms with Crippen LogP contribution in [0.4, 0.5) is 0 Å². The van der Waals surface area contributed by atoms with Gasteiger partial charge in [0.25, 0.3) is 0 Å². The number of carbonyl (C=O) groups excluding carboxylic acids is 1. The van der Waals surface area contributed by atoms with E-state index >= 15 is 0 Å². The molecule has 1 saturated carbocycles. The van der Waals surface area contributed by atoms with Gasteiger partial charge in [-0.15, -0.1) is 0 Å². The molecule has 0 aromatic rings. The molecule has 5 nitrogen and oxygen atoms in total. The maximum absolute atomic E-state index is 12.5. The average molecular weight is 309 g/mol. The van der Waals surface area contributed by atoms with E-state index in [9.17, 15) is 4.79 Å². The van der Waals surface area contributed by atoms with Gasteiger partial charge in [0, 0.05) is 25.1 Å². The van der Waals surface area contributed by atoms with Crippen molar-refractivity contribution in [2.75, 3.05) is 33.4 Å². The van der Waals surface area contributed by atoms with Gasteiger partial charge >= 0.3 is 0 Å². The number of nitrogens with one attached hydrogen (secondary N) is 3. The summed E-state index contributed by atoms with van der Waals surface area (Å²) in [7, 11) is 1.76. The second kappa shape index (κ2) is 7.28. The van der Waals surface area contributed by atoms with Crippen LogP contribution < -0.4 is 16.0 Å². The maximum Gasteiger partial charge on any atom is 0.237 e. The van der Waals surface area contributed by atoms with Crippen LogP contribution >= 0.6 is 0 Å². The van der Waals surface area contributed by atoms with Gasteiger partial charge in [0.2, 0.25) is 5.91 Å². The van der Waals surface area contributed by atoms with Crippen LogP contribution in [0.1, 0.15) is 44.9 Å². The molecule has 3 N–H and O–H groups in total. The standard InChI is InChI=1S/C17H31N3O2/c1-22-12-17(6-8-18-9-7-17)11-19-16(21)15-10-13-4-2-3-5-14(13)20-15/h13-15,18,20H,2-12H2,1H3,(H,19,21). The van der Waals surface area contributed by atoms with Gasteiger partial charge in [-0.2, -0.15) is 0 Å². The molecule has 3 aliphatic rings. The second-order valence-electron chi connectivity index (χ2n) is 7.51. The van der Waals surface area contributed by atoms with Crippen molar-refractivity contribution < 1.29 is 9.53 Å². The van der Waals surface area contributed by atoms with Gasteiger partial charge in [-0.05, 0) is 51.1 Å². The number of ether oxygens (including phenoxy) is 1. The Bertz CT molecular complexity index is 363. The summed E-state index contributed by atoms with van der Waals surface area (Å²) < 4.78 is 5.42. The zero-order valence-electron chi connectivity index (χ0n) is 13.8. The summed E-state index contributed by atoms with van der Waals surface area (Å²) in [6, 6.07) is 0.603. The Labute approximate surface area is 133 Å². The number of fused-ring (bicyclic) bond motifs is 1. The molecule has 0 aromatic heterocycles. The quantitative estimate of drug-likeness (QED) is 0.710. The first kappa shape index (κ1) is 16.2. The number of hydrogen-bond acceptors (Lipinski definition) is 4. The van der Waals surface area contributed by atoms with E-state index in [0.717, 1.165) is 51.4 Å². The molecule has 22 heavy (non-hydrogen) atoms. The highest BCUT2D eigenvalue weighted by Crippen LogP contribution is 2.33. The summed E-state index contributed by atoms with van der Waals surface area (Å²) in [6.07, 6.45) is 8.35. The number of rotatable bonds is 5. The third-order valence-corrected chi connectivity index (χ3v) is 5.93. The first-order chi connectivity index (χ1) is 10.7. The van der Waals surface area contributed by atoms with Crippen LogP contribution in [0.15, 0.2) is 0 Å². The van der Waals surface area contributed by atoms with Crippen molar-refractivity contribution in [1.29, 1.82) is 0 Å². The van der Waals surface area contributed by atoms with Crippen LogP contribution in [-0.2, 0) is 9.53 Å². The molecule has 3 fully saturated rings. The Kier molecular flexibility index (Phi) is 5.37. The number of hydrogen-bond donors (Lipinski definition) is 3. The van der Waals surface area contributed by atoms with Gasteiger partial charge in [0.15, 0.2) is 0 Å². The molecule has 1 amide bonds. The molecule has 0 spiro atoms. The van der Waals surface area contributed by atoms with E-state index < -0.39 is 0 Å². The second-order valence-corrected chi connectivity index (χ2v) is 7.51. The zero-order chi connectivity index (χ0) is 15.4. The highest BCUT2D eigenvalue weighted by Gasteiger charge is 2.39. The monoisotopic (exact) mass is 309 g/mol. The van der Waals surface area contributed by atoms with Crippen LogP contribution in [-0.4, -0.2) is 51.3 Å². The van der Waals surface area contributed by atoms with Crippen molar-refractivity contribution in [2.45, 2.75) is 57.0 Å². The lowest BCUT2D eigenvalue weighted by Crippen LogP contribution is -2.50. The Morgan fingerprint density at radius 2 is 2.05 bits per heavy atom. The number of amides is 1. The van der Waals surface area contributed by atoms with Crippen molar-refractivity contribution in [3.05, 3.63) is 0 Å². The number of piperidine rings is 1. The van der Waals surface area contributed by atoms with Crippen molar-refractivity contribution in [2.24, 2.45) is 11.3 Å². The fraction of sp³-hybridized carbons (Fsp3) is 0.941. The van der Waals surface area contributed by atoms with Crippen LogP contribution in [0, 0.1) is 11.3 Å². The van der Waals surface area contributed by atoms with Gasteiger partial charge in [0.1, 0.15) is 0 Å². The summed E-state index contributed by atoms with van der Waals surface area (Å²) in [4.78, 5) is 12.5. The van der Waals surface area contributed by atoms with Crippen molar-refractivity contribution in [3.8, 4) is 0 Å². The van der Waals surface area contributed by atoms with Gasteiger partial charge in [-0.1, -0.05) is 12.8 Å². The molecule has 0 radical (unpaired) electrons. The van der Waals surface area contributed by atoms with E-state index in [1.165, 1.54) is 25.7 Å². The van der Waals surface area contributed by atoms with E-state index in [1.54, 1.807) is 7.11 Å². The molecule has 2 saturated heterocycles. The third-order valence-electron chi connectivity index (χ3n) is 5.93. The first-order valence-electron chi connectivity index (χ1n) is 8.96. The van der Waals surface area contributed by atoms with Gasteiger partial charge in [-0.3, -0.25) is 4.79 Å². The Balaban J connectivity index is 1.50. The van der Waals surface area contributed by atoms with E-state index in [4.69, 9.17) is 4.74 Å². The summed E-state index contributed by atoms with van der Waals surface area (Å²) in [5, 5.41) is 10.2. The highest BCUT2D eigenvalue weighted by atomic mass is 16.5. The summed E-state index contributed by atoms with van der Waals surface area (Å²) in [5.41, 5.74) is 0.112. The fourth-order valence-corrected chi connectivity index (χ4v) is 4.55. The predicted molar refractivity (Wildman–Crippen MR) is 86.7 cm³/mol. The molecule has 5 heteroatoms. The lowest BCUT2D eigenvalue weighted by atomic mass is 9.79. The minimum atomic E-state index is 0.0226. The molecular formula is C17H31N3O2. The third kappa shape index (κ3) is 3.63. The van der Waals surface area contributed by atoms with Gasteiger partial charge in [-0.25, -0.2) is 0 Å². The average Bonchev–Trinajstić information content (AvgIpc) is 2.98. The van der Waals surface area contributed by atoms with Crippen molar-refractivity contribution >= 4 is 5.91 Å². The first-order valence-corrected chi connectivity index (χ1v) is 8.96. The topological polar surface area (TPSA) is 62.4 Å². The minimum absolute atomic E-state index is 0.0226. The molecule has 3 rings (SSSR count). The Morgan fingerprint density at radius 3 is 2.77 bits per heavy atom. The normalized spacial score (nSPS) is 34.1. The van der Waals surface area contributed by atoms with E-state index in [2.05, 4.69) is 16.0 Å². The van der Waals surface area contributed by atoms with Crippen LogP contribution in [0.25, 0.3) is 0 Å². The molecule has 1 aliphatic carbocycles. The van der Waals surface area contributed by atoms with Crippen LogP contribution in [0.2, 0.25) is 0 Å². The van der Waals surface area contributed by atoms with E-state index in [-0.39, 0.29) is 17.4 Å². The largest absolute Gasteiger partial charge is 0.384 e. The maximum atomic E-state index is 12.5. The summed E-state index contributed by atoms with van der Waals surface area (Å²) in [6.45, 7) is 3.52. The lowest BCUT2D eigenvalue weighted by Gasteiger charge is -2.37. The van der Waals surface area contributed by atoms with Crippen LogP contribution in [0.5, 0.6) is 0 Å². The fourth-order valence-electron chi connectivity index (χ4n) is 4.55. The smallest absolute Gasteiger partial charge is 0.237 e. The Morgan fingerprint density at radius 1 is 1.27 bits per heavy atom. The van der Waals surface area contributed by atoms with Gasteiger partial charge < -0.3 is 20.7 Å². The van der Waals surface area contributed by atoms with E-state index in [1.807, 2.05) is 0 Å². The number of carbonyl (C=O) groups is 1. The highest BCUT2D eigenvalue weighted by molar-refractivity contribution is 5.82. The molecule has 3 atom stereocenters. The Hall–Kier alpha value is -0.650.